The zero-order valence-electron chi connectivity index (χ0n) is 9.31. The van der Waals surface area contributed by atoms with E-state index in [0.717, 1.165) is 26.4 Å². The first-order valence-corrected chi connectivity index (χ1v) is 6.60. The largest absolute Gasteiger partial charge is 0.386 e. The van der Waals surface area contributed by atoms with E-state index < -0.39 is 6.10 Å². The summed E-state index contributed by atoms with van der Waals surface area (Å²) in [5, 5.41) is 16.1. The van der Waals surface area contributed by atoms with Gasteiger partial charge in [-0.05, 0) is 13.8 Å². The maximum Gasteiger partial charge on any atom is 0.182 e. The number of aryl methyl sites for hydroxylation is 1. The lowest BCUT2D eigenvalue weighted by Crippen LogP contribution is -1.88. The molecule has 0 bridgehead atoms. The Labute approximate surface area is 102 Å². The summed E-state index contributed by atoms with van der Waals surface area (Å²) in [6.45, 7) is 3.66. The Kier molecular flexibility index (Phi) is 3.22. The first kappa shape index (κ1) is 11.5. The molecule has 86 valence electrons. The third-order valence-electron chi connectivity index (χ3n) is 2.12. The molecule has 0 aromatic carbocycles. The van der Waals surface area contributed by atoms with Gasteiger partial charge < -0.3 is 10.4 Å². The summed E-state index contributed by atoms with van der Waals surface area (Å²) in [5.41, 5.74) is 1.85. The van der Waals surface area contributed by atoms with Gasteiger partial charge in [0.25, 0.3) is 0 Å². The Morgan fingerprint density at radius 2 is 2.19 bits per heavy atom. The van der Waals surface area contributed by atoms with E-state index in [0.29, 0.717) is 0 Å². The molecule has 2 rings (SSSR count). The molecule has 1 atom stereocenters. The van der Waals surface area contributed by atoms with Gasteiger partial charge in [0.15, 0.2) is 5.13 Å². The SMILES string of the molecule is CNc1nc(-c2sc(C(C)O)nc2C)cs1. The van der Waals surface area contributed by atoms with E-state index in [1.54, 1.807) is 18.3 Å². The third kappa shape index (κ3) is 2.09. The van der Waals surface area contributed by atoms with Crippen LogP contribution in [0.2, 0.25) is 0 Å². The fraction of sp³-hybridized carbons (Fsp3) is 0.400. The first-order chi connectivity index (χ1) is 7.61. The van der Waals surface area contributed by atoms with Crippen molar-refractivity contribution in [3.8, 4) is 10.6 Å². The molecule has 1 unspecified atom stereocenters. The van der Waals surface area contributed by atoms with Gasteiger partial charge in [0, 0.05) is 12.4 Å². The highest BCUT2D eigenvalue weighted by Gasteiger charge is 2.15. The van der Waals surface area contributed by atoms with Gasteiger partial charge in [-0.25, -0.2) is 9.97 Å². The number of aliphatic hydroxyl groups excluding tert-OH is 1. The van der Waals surface area contributed by atoms with Crippen molar-refractivity contribution in [1.82, 2.24) is 9.97 Å². The summed E-state index contributed by atoms with van der Waals surface area (Å²) >= 11 is 3.06. The van der Waals surface area contributed by atoms with Crippen molar-refractivity contribution >= 4 is 27.8 Å². The van der Waals surface area contributed by atoms with Crippen molar-refractivity contribution in [3.05, 3.63) is 16.1 Å². The van der Waals surface area contributed by atoms with E-state index in [1.165, 1.54) is 11.3 Å². The van der Waals surface area contributed by atoms with E-state index >= 15 is 0 Å². The first-order valence-electron chi connectivity index (χ1n) is 4.91. The monoisotopic (exact) mass is 255 g/mol. The van der Waals surface area contributed by atoms with Crippen LogP contribution in [0, 0.1) is 6.92 Å². The van der Waals surface area contributed by atoms with Gasteiger partial charge in [-0.2, -0.15) is 0 Å². The average Bonchev–Trinajstić information content (AvgIpc) is 2.83. The molecule has 16 heavy (non-hydrogen) atoms. The number of hydrogen-bond donors (Lipinski definition) is 2. The molecule has 0 aliphatic rings. The Balaban J connectivity index is 2.39. The van der Waals surface area contributed by atoms with Crippen LogP contribution in [0.25, 0.3) is 10.6 Å². The normalized spacial score (nSPS) is 12.8. The second-order valence-electron chi connectivity index (χ2n) is 3.43. The van der Waals surface area contributed by atoms with Gasteiger partial charge in [-0.15, -0.1) is 22.7 Å². The third-order valence-corrected chi connectivity index (χ3v) is 4.33. The Bertz CT molecular complexity index is 490. The number of thiazole rings is 2. The molecular weight excluding hydrogens is 242 g/mol. The van der Waals surface area contributed by atoms with E-state index in [9.17, 15) is 5.11 Å². The molecule has 0 saturated carbocycles. The van der Waals surface area contributed by atoms with Gasteiger partial charge in [-0.3, -0.25) is 0 Å². The predicted molar refractivity (Wildman–Crippen MR) is 68.1 cm³/mol. The molecule has 0 fully saturated rings. The lowest BCUT2D eigenvalue weighted by molar-refractivity contribution is 0.198. The zero-order chi connectivity index (χ0) is 11.7. The van der Waals surface area contributed by atoms with Crippen molar-refractivity contribution in [2.45, 2.75) is 20.0 Å². The number of aromatic nitrogens is 2. The van der Waals surface area contributed by atoms with E-state index in [1.807, 2.05) is 19.4 Å². The number of rotatable bonds is 3. The molecule has 0 saturated heterocycles. The summed E-state index contributed by atoms with van der Waals surface area (Å²) in [4.78, 5) is 9.80. The van der Waals surface area contributed by atoms with Gasteiger partial charge >= 0.3 is 0 Å². The van der Waals surface area contributed by atoms with Crippen LogP contribution >= 0.6 is 22.7 Å². The van der Waals surface area contributed by atoms with Crippen molar-refractivity contribution in [2.24, 2.45) is 0 Å². The number of anilines is 1. The highest BCUT2D eigenvalue weighted by atomic mass is 32.1. The Hall–Kier alpha value is -0.980. The van der Waals surface area contributed by atoms with Gasteiger partial charge in [-0.1, -0.05) is 0 Å². The van der Waals surface area contributed by atoms with Crippen LogP contribution in [0.4, 0.5) is 5.13 Å². The van der Waals surface area contributed by atoms with Crippen molar-refractivity contribution in [2.75, 3.05) is 12.4 Å². The molecule has 2 heterocycles. The van der Waals surface area contributed by atoms with E-state index in [-0.39, 0.29) is 0 Å². The lowest BCUT2D eigenvalue weighted by atomic mass is 10.3. The minimum atomic E-state index is -0.514. The quantitative estimate of drug-likeness (QED) is 0.885. The van der Waals surface area contributed by atoms with Crippen LogP contribution in [0.15, 0.2) is 5.38 Å². The van der Waals surface area contributed by atoms with Gasteiger partial charge in [0.05, 0.1) is 16.3 Å². The topological polar surface area (TPSA) is 58.0 Å². The number of aliphatic hydroxyl groups is 1. The van der Waals surface area contributed by atoms with Crippen LogP contribution < -0.4 is 5.32 Å². The van der Waals surface area contributed by atoms with Crippen molar-refractivity contribution in [3.63, 3.8) is 0 Å². The maximum absolute atomic E-state index is 9.48. The lowest BCUT2D eigenvalue weighted by Gasteiger charge is -1.94. The van der Waals surface area contributed by atoms with Crippen LogP contribution in [-0.4, -0.2) is 22.1 Å². The molecule has 0 amide bonds. The minimum Gasteiger partial charge on any atom is -0.386 e. The molecule has 0 spiro atoms. The minimum absolute atomic E-state index is 0.514. The maximum atomic E-state index is 9.48. The van der Waals surface area contributed by atoms with E-state index in [2.05, 4.69) is 15.3 Å². The van der Waals surface area contributed by atoms with Gasteiger partial charge in [0.1, 0.15) is 11.1 Å². The van der Waals surface area contributed by atoms with E-state index in [4.69, 9.17) is 0 Å². The molecule has 0 aliphatic carbocycles. The van der Waals surface area contributed by atoms with Crippen molar-refractivity contribution in [1.29, 1.82) is 0 Å². The van der Waals surface area contributed by atoms with Crippen LogP contribution in [-0.2, 0) is 0 Å². The predicted octanol–water partition coefficient (Wildman–Crippen LogP) is 2.67. The number of nitrogens with one attached hydrogen (secondary N) is 1. The van der Waals surface area contributed by atoms with Crippen LogP contribution in [0.5, 0.6) is 0 Å². The molecule has 6 heteroatoms. The van der Waals surface area contributed by atoms with Crippen LogP contribution in [0.1, 0.15) is 23.7 Å². The molecule has 0 radical (unpaired) electrons. The Morgan fingerprint density at radius 3 is 2.69 bits per heavy atom. The summed E-state index contributed by atoms with van der Waals surface area (Å²) in [5.74, 6) is 0. The number of hydrogen-bond acceptors (Lipinski definition) is 6. The molecule has 2 aromatic rings. The molecule has 2 N–H and O–H groups in total. The number of nitrogens with zero attached hydrogens (tertiary/aromatic N) is 2. The Morgan fingerprint density at radius 1 is 1.44 bits per heavy atom. The summed E-state index contributed by atoms with van der Waals surface area (Å²) < 4.78 is 0. The van der Waals surface area contributed by atoms with Crippen molar-refractivity contribution < 1.29 is 5.11 Å². The average molecular weight is 255 g/mol. The molecular formula is C10H13N3OS2. The van der Waals surface area contributed by atoms with Crippen LogP contribution in [0.3, 0.4) is 0 Å². The second-order valence-corrected chi connectivity index (χ2v) is 5.32. The standard InChI is InChI=1S/C10H13N3OS2/c1-5-8(16-9(12-5)6(2)14)7-4-15-10(11-3)13-7/h4,6,14H,1-3H3,(H,11,13). The summed E-state index contributed by atoms with van der Waals surface area (Å²) in [6.07, 6.45) is -0.514. The fourth-order valence-corrected chi connectivity index (χ4v) is 3.03. The highest BCUT2D eigenvalue weighted by Crippen LogP contribution is 2.34. The molecule has 0 aliphatic heterocycles. The smallest absolute Gasteiger partial charge is 0.182 e. The zero-order valence-corrected chi connectivity index (χ0v) is 10.9. The second kappa shape index (κ2) is 4.48. The molecule has 4 nitrogen and oxygen atoms in total. The molecule has 2 aromatic heterocycles. The summed E-state index contributed by atoms with van der Waals surface area (Å²) in [6, 6.07) is 0. The van der Waals surface area contributed by atoms with Gasteiger partial charge in [0.2, 0.25) is 0 Å². The fourth-order valence-electron chi connectivity index (χ4n) is 1.33. The highest BCUT2D eigenvalue weighted by molar-refractivity contribution is 7.16. The summed E-state index contributed by atoms with van der Waals surface area (Å²) in [7, 11) is 1.85.